The number of aromatic nitrogens is 2. The van der Waals surface area contributed by atoms with Crippen molar-refractivity contribution in [3.8, 4) is 0 Å². The Kier molecular flexibility index (Phi) is 3.85. The summed E-state index contributed by atoms with van der Waals surface area (Å²) in [5, 5.41) is 0. The second kappa shape index (κ2) is 5.37. The predicted molar refractivity (Wildman–Crippen MR) is 63.7 cm³/mol. The molecule has 1 saturated heterocycles. The zero-order chi connectivity index (χ0) is 11.4. The Morgan fingerprint density at radius 1 is 1.50 bits per heavy atom. The van der Waals surface area contributed by atoms with E-state index in [1.165, 1.54) is 19.3 Å². The summed E-state index contributed by atoms with van der Waals surface area (Å²) in [5.74, 6) is 0. The molecule has 4 heteroatoms. The van der Waals surface area contributed by atoms with Crippen LogP contribution in [0.3, 0.4) is 0 Å². The molecule has 0 saturated carbocycles. The van der Waals surface area contributed by atoms with E-state index >= 15 is 0 Å². The van der Waals surface area contributed by atoms with Crippen molar-refractivity contribution in [2.75, 3.05) is 6.54 Å². The van der Waals surface area contributed by atoms with Crippen molar-refractivity contribution < 1.29 is 0 Å². The van der Waals surface area contributed by atoms with Gasteiger partial charge in [-0.3, -0.25) is 14.9 Å². The van der Waals surface area contributed by atoms with E-state index in [-0.39, 0.29) is 6.04 Å². The fourth-order valence-electron chi connectivity index (χ4n) is 2.43. The minimum atomic E-state index is 0.233. The highest BCUT2D eigenvalue weighted by molar-refractivity contribution is 4.96. The molecule has 1 aromatic rings. The molecule has 1 aliphatic heterocycles. The van der Waals surface area contributed by atoms with Gasteiger partial charge in [0.2, 0.25) is 0 Å². The fourth-order valence-corrected chi connectivity index (χ4v) is 2.43. The quantitative estimate of drug-likeness (QED) is 0.831. The summed E-state index contributed by atoms with van der Waals surface area (Å²) < 4.78 is 0. The van der Waals surface area contributed by atoms with Gasteiger partial charge < -0.3 is 5.73 Å². The lowest BCUT2D eigenvalue weighted by molar-refractivity contribution is 0.121. The lowest BCUT2D eigenvalue weighted by atomic mass is 9.97. The van der Waals surface area contributed by atoms with Crippen LogP contribution in [-0.2, 0) is 6.54 Å². The number of piperidine rings is 1. The van der Waals surface area contributed by atoms with E-state index in [1.807, 2.05) is 6.20 Å². The Morgan fingerprint density at radius 3 is 3.06 bits per heavy atom. The zero-order valence-electron chi connectivity index (χ0n) is 9.84. The average Bonchev–Trinajstić information content (AvgIpc) is 2.31. The summed E-state index contributed by atoms with van der Waals surface area (Å²) in [6.45, 7) is 4.10. The van der Waals surface area contributed by atoms with Gasteiger partial charge >= 0.3 is 0 Å². The third-order valence-corrected chi connectivity index (χ3v) is 3.25. The van der Waals surface area contributed by atoms with Crippen LogP contribution in [-0.4, -0.2) is 33.5 Å². The Morgan fingerprint density at radius 2 is 2.38 bits per heavy atom. The van der Waals surface area contributed by atoms with Gasteiger partial charge in [-0.25, -0.2) is 0 Å². The van der Waals surface area contributed by atoms with Crippen LogP contribution < -0.4 is 5.73 Å². The summed E-state index contributed by atoms with van der Waals surface area (Å²) >= 11 is 0. The number of nitrogens with two attached hydrogens (primary N) is 1. The van der Waals surface area contributed by atoms with Gasteiger partial charge in [0.15, 0.2) is 0 Å². The monoisotopic (exact) mass is 220 g/mol. The van der Waals surface area contributed by atoms with Gasteiger partial charge in [-0.05, 0) is 26.3 Å². The van der Waals surface area contributed by atoms with E-state index in [0.717, 1.165) is 18.8 Å². The van der Waals surface area contributed by atoms with Crippen LogP contribution in [0.5, 0.6) is 0 Å². The van der Waals surface area contributed by atoms with Gasteiger partial charge in [0.25, 0.3) is 0 Å². The maximum atomic E-state index is 6.03. The van der Waals surface area contributed by atoms with E-state index in [9.17, 15) is 0 Å². The molecule has 16 heavy (non-hydrogen) atoms. The Bertz CT molecular complexity index is 312. The summed E-state index contributed by atoms with van der Waals surface area (Å²) in [7, 11) is 0. The van der Waals surface area contributed by atoms with Gasteiger partial charge in [0.1, 0.15) is 0 Å². The van der Waals surface area contributed by atoms with Gasteiger partial charge in [-0.15, -0.1) is 0 Å². The molecule has 0 aliphatic carbocycles. The lowest BCUT2D eigenvalue weighted by Gasteiger charge is -2.37. The van der Waals surface area contributed by atoms with Crippen molar-refractivity contribution in [2.45, 2.75) is 44.8 Å². The van der Waals surface area contributed by atoms with Crippen molar-refractivity contribution in [1.29, 1.82) is 0 Å². The Hall–Kier alpha value is -1.00. The van der Waals surface area contributed by atoms with E-state index in [0.29, 0.717) is 6.04 Å². The van der Waals surface area contributed by atoms with Gasteiger partial charge in [0.05, 0.1) is 5.69 Å². The summed E-state index contributed by atoms with van der Waals surface area (Å²) in [4.78, 5) is 10.9. The van der Waals surface area contributed by atoms with Crippen molar-refractivity contribution >= 4 is 0 Å². The zero-order valence-corrected chi connectivity index (χ0v) is 9.84. The summed E-state index contributed by atoms with van der Waals surface area (Å²) in [6.07, 6.45) is 9.07. The van der Waals surface area contributed by atoms with Crippen LogP contribution in [0.4, 0.5) is 0 Å². The minimum Gasteiger partial charge on any atom is -0.327 e. The molecule has 1 aliphatic rings. The van der Waals surface area contributed by atoms with Crippen molar-refractivity contribution in [2.24, 2.45) is 5.73 Å². The molecular weight excluding hydrogens is 200 g/mol. The van der Waals surface area contributed by atoms with E-state index in [4.69, 9.17) is 5.73 Å². The highest BCUT2D eigenvalue weighted by atomic mass is 15.2. The first-order valence-electron chi connectivity index (χ1n) is 6.02. The van der Waals surface area contributed by atoms with Gasteiger partial charge in [-0.1, -0.05) is 6.42 Å². The summed E-state index contributed by atoms with van der Waals surface area (Å²) in [5.41, 5.74) is 7.07. The first-order valence-corrected chi connectivity index (χ1v) is 6.02. The molecule has 2 N–H and O–H groups in total. The molecule has 0 spiro atoms. The van der Waals surface area contributed by atoms with E-state index in [1.54, 1.807) is 12.4 Å². The highest BCUT2D eigenvalue weighted by Crippen LogP contribution is 2.20. The molecule has 0 bridgehead atoms. The van der Waals surface area contributed by atoms with Crippen LogP contribution in [0.15, 0.2) is 18.6 Å². The molecule has 2 unspecified atom stereocenters. The first-order chi connectivity index (χ1) is 7.77. The largest absolute Gasteiger partial charge is 0.327 e. The standard InChI is InChI=1S/C12H20N4/c1-10(13)12-4-2-3-7-16(12)9-11-8-14-5-6-15-11/h5-6,8,10,12H,2-4,7,9,13H2,1H3. The molecular formula is C12H20N4. The molecule has 0 amide bonds. The van der Waals surface area contributed by atoms with Crippen molar-refractivity contribution in [3.05, 3.63) is 24.3 Å². The maximum absolute atomic E-state index is 6.03. The van der Waals surface area contributed by atoms with Gasteiger partial charge in [-0.2, -0.15) is 0 Å². The highest BCUT2D eigenvalue weighted by Gasteiger charge is 2.25. The molecule has 0 radical (unpaired) electrons. The summed E-state index contributed by atoms with van der Waals surface area (Å²) in [6, 6.07) is 0.729. The fraction of sp³-hybridized carbons (Fsp3) is 0.667. The topological polar surface area (TPSA) is 55.0 Å². The Labute approximate surface area is 96.9 Å². The smallest absolute Gasteiger partial charge is 0.0726 e. The van der Waals surface area contributed by atoms with Crippen molar-refractivity contribution in [3.63, 3.8) is 0 Å². The maximum Gasteiger partial charge on any atom is 0.0726 e. The SMILES string of the molecule is CC(N)C1CCCCN1Cc1cnccn1. The molecule has 2 rings (SSSR count). The van der Waals surface area contributed by atoms with Crippen LogP contribution in [0, 0.1) is 0 Å². The lowest BCUT2D eigenvalue weighted by Crippen LogP contribution is -2.48. The average molecular weight is 220 g/mol. The van der Waals surface area contributed by atoms with Crippen molar-refractivity contribution in [1.82, 2.24) is 14.9 Å². The predicted octanol–water partition coefficient (Wildman–Crippen LogP) is 1.18. The van der Waals surface area contributed by atoms with Crippen LogP contribution >= 0.6 is 0 Å². The molecule has 4 nitrogen and oxygen atoms in total. The molecule has 88 valence electrons. The third-order valence-electron chi connectivity index (χ3n) is 3.25. The number of nitrogens with zero attached hydrogens (tertiary/aromatic N) is 3. The molecule has 1 aromatic heterocycles. The molecule has 0 aromatic carbocycles. The molecule has 2 atom stereocenters. The molecule has 1 fully saturated rings. The Balaban J connectivity index is 2.01. The number of rotatable bonds is 3. The number of hydrogen-bond donors (Lipinski definition) is 1. The number of likely N-dealkylation sites (tertiary alicyclic amines) is 1. The second-order valence-corrected chi connectivity index (χ2v) is 4.59. The number of hydrogen-bond acceptors (Lipinski definition) is 4. The van der Waals surface area contributed by atoms with Crippen LogP contribution in [0.1, 0.15) is 31.9 Å². The third kappa shape index (κ3) is 2.77. The van der Waals surface area contributed by atoms with Gasteiger partial charge in [0, 0.05) is 37.2 Å². The van der Waals surface area contributed by atoms with E-state index < -0.39 is 0 Å². The normalized spacial score (nSPS) is 24.2. The van der Waals surface area contributed by atoms with Crippen LogP contribution in [0.2, 0.25) is 0 Å². The minimum absolute atomic E-state index is 0.233. The molecule has 2 heterocycles. The first kappa shape index (κ1) is 11.5. The second-order valence-electron chi connectivity index (χ2n) is 4.59. The van der Waals surface area contributed by atoms with Crippen LogP contribution in [0.25, 0.3) is 0 Å². The van der Waals surface area contributed by atoms with E-state index in [2.05, 4.69) is 21.8 Å².